The highest BCUT2D eigenvalue weighted by atomic mass is 32.2. The van der Waals surface area contributed by atoms with Crippen molar-refractivity contribution < 1.29 is 14.6 Å². The number of thioether (sulfide) groups is 1. The smallest absolute Gasteiger partial charge is 0.320 e. The number of hydrogen-bond donors (Lipinski definition) is 2. The molecule has 0 aliphatic carbocycles. The molecule has 2 N–H and O–H groups in total. The lowest BCUT2D eigenvalue weighted by molar-refractivity contribution is -0.139. The highest BCUT2D eigenvalue weighted by Gasteiger charge is 2.15. The zero-order chi connectivity index (χ0) is 14.8. The zero-order valence-corrected chi connectivity index (χ0v) is 12.5. The van der Waals surface area contributed by atoms with E-state index < -0.39 is 12.0 Å². The summed E-state index contributed by atoms with van der Waals surface area (Å²) in [5.74, 6) is 0.783. The number of carbonyl (C=O) groups is 1. The number of carboxylic acid groups (broad SMARTS) is 1. The topological polar surface area (TPSA) is 58.6 Å². The second-order valence-corrected chi connectivity index (χ2v) is 5.29. The first-order chi connectivity index (χ1) is 9.67. The van der Waals surface area contributed by atoms with Crippen molar-refractivity contribution in [3.63, 3.8) is 0 Å². The fraction of sp³-hybridized carbons (Fsp3) is 0.400. The van der Waals surface area contributed by atoms with E-state index in [9.17, 15) is 4.79 Å². The van der Waals surface area contributed by atoms with Crippen LogP contribution in [-0.2, 0) is 11.3 Å². The maximum Gasteiger partial charge on any atom is 0.320 e. The maximum atomic E-state index is 11.1. The summed E-state index contributed by atoms with van der Waals surface area (Å²) in [6.45, 7) is 4.57. The lowest BCUT2D eigenvalue weighted by atomic mass is 10.1. The fourth-order valence-corrected chi connectivity index (χ4v) is 2.16. The van der Waals surface area contributed by atoms with Gasteiger partial charge in [0.05, 0.1) is 0 Å². The van der Waals surface area contributed by atoms with Crippen LogP contribution in [0.2, 0.25) is 0 Å². The SMILES string of the molecule is C=CCOc1cccc(CN[C@H](CCSC)C(=O)O)c1. The van der Waals surface area contributed by atoms with Gasteiger partial charge in [-0.3, -0.25) is 4.79 Å². The summed E-state index contributed by atoms with van der Waals surface area (Å²) in [5, 5.41) is 12.2. The minimum absolute atomic E-state index is 0.461. The second-order valence-electron chi connectivity index (χ2n) is 4.30. The summed E-state index contributed by atoms with van der Waals surface area (Å²) in [6.07, 6.45) is 4.27. The van der Waals surface area contributed by atoms with Gasteiger partial charge in [0.1, 0.15) is 18.4 Å². The molecule has 0 bridgehead atoms. The minimum atomic E-state index is -0.807. The molecule has 0 saturated heterocycles. The average molecular weight is 295 g/mol. The van der Waals surface area contributed by atoms with Crippen LogP contribution in [0, 0.1) is 0 Å². The Labute approximate surface area is 124 Å². The first-order valence-corrected chi connectivity index (χ1v) is 7.84. The summed E-state index contributed by atoms with van der Waals surface area (Å²) >= 11 is 1.65. The molecule has 0 aliphatic heterocycles. The Bertz CT molecular complexity index is 437. The molecule has 20 heavy (non-hydrogen) atoms. The molecule has 0 radical (unpaired) electrons. The van der Waals surface area contributed by atoms with Gasteiger partial charge in [-0.2, -0.15) is 11.8 Å². The number of aliphatic carboxylic acids is 1. The molecular weight excluding hydrogens is 274 g/mol. The van der Waals surface area contributed by atoms with Crippen molar-refractivity contribution in [1.29, 1.82) is 0 Å². The Kier molecular flexibility index (Phi) is 7.84. The Hall–Kier alpha value is -1.46. The second kappa shape index (κ2) is 9.44. The lowest BCUT2D eigenvalue weighted by Crippen LogP contribution is -2.36. The number of hydrogen-bond acceptors (Lipinski definition) is 4. The van der Waals surface area contributed by atoms with Crippen LogP contribution in [0.5, 0.6) is 5.75 Å². The normalized spacial score (nSPS) is 11.8. The van der Waals surface area contributed by atoms with Gasteiger partial charge in [-0.25, -0.2) is 0 Å². The lowest BCUT2D eigenvalue weighted by Gasteiger charge is -2.14. The van der Waals surface area contributed by atoms with Crippen LogP contribution in [0.1, 0.15) is 12.0 Å². The van der Waals surface area contributed by atoms with E-state index in [-0.39, 0.29) is 0 Å². The van der Waals surface area contributed by atoms with Crippen LogP contribution in [-0.4, -0.2) is 35.7 Å². The van der Waals surface area contributed by atoms with Crippen molar-refractivity contribution in [3.05, 3.63) is 42.5 Å². The van der Waals surface area contributed by atoms with E-state index in [0.29, 0.717) is 19.6 Å². The molecule has 1 aromatic carbocycles. The third kappa shape index (κ3) is 6.12. The predicted octanol–water partition coefficient (Wildman–Crippen LogP) is 2.55. The largest absolute Gasteiger partial charge is 0.490 e. The molecule has 1 aromatic rings. The highest BCUT2D eigenvalue weighted by Crippen LogP contribution is 2.13. The monoisotopic (exact) mass is 295 g/mol. The van der Waals surface area contributed by atoms with Gasteiger partial charge in [-0.1, -0.05) is 24.8 Å². The molecule has 110 valence electrons. The fourth-order valence-electron chi connectivity index (χ4n) is 1.69. The Morgan fingerprint density at radius 2 is 2.40 bits per heavy atom. The summed E-state index contributed by atoms with van der Waals surface area (Å²) in [6, 6.07) is 7.11. The molecule has 0 saturated carbocycles. The van der Waals surface area contributed by atoms with Gasteiger partial charge in [0, 0.05) is 6.54 Å². The van der Waals surface area contributed by atoms with E-state index in [1.807, 2.05) is 30.5 Å². The molecule has 0 heterocycles. The van der Waals surface area contributed by atoms with Crippen molar-refractivity contribution in [2.24, 2.45) is 0 Å². The first kappa shape index (κ1) is 16.6. The summed E-state index contributed by atoms with van der Waals surface area (Å²) < 4.78 is 5.45. The number of ether oxygens (including phenoxy) is 1. The van der Waals surface area contributed by atoms with Gasteiger partial charge in [0.2, 0.25) is 0 Å². The van der Waals surface area contributed by atoms with Crippen molar-refractivity contribution in [1.82, 2.24) is 5.32 Å². The highest BCUT2D eigenvalue weighted by molar-refractivity contribution is 7.98. The Balaban J connectivity index is 2.53. The average Bonchev–Trinajstić information content (AvgIpc) is 2.45. The van der Waals surface area contributed by atoms with Crippen molar-refractivity contribution >= 4 is 17.7 Å². The van der Waals surface area contributed by atoms with Crippen LogP contribution < -0.4 is 10.1 Å². The van der Waals surface area contributed by atoms with Crippen molar-refractivity contribution in [2.45, 2.75) is 19.0 Å². The van der Waals surface area contributed by atoms with Crippen molar-refractivity contribution in [3.8, 4) is 5.75 Å². The minimum Gasteiger partial charge on any atom is -0.490 e. The molecule has 0 aliphatic rings. The molecular formula is C15H21NO3S. The number of carboxylic acids is 1. The predicted molar refractivity (Wildman–Crippen MR) is 83.4 cm³/mol. The van der Waals surface area contributed by atoms with E-state index in [2.05, 4.69) is 11.9 Å². The van der Waals surface area contributed by atoms with E-state index >= 15 is 0 Å². The van der Waals surface area contributed by atoms with Crippen LogP contribution in [0.4, 0.5) is 0 Å². The van der Waals surface area contributed by atoms with Gasteiger partial charge in [-0.15, -0.1) is 0 Å². The molecule has 0 fully saturated rings. The molecule has 5 heteroatoms. The van der Waals surface area contributed by atoms with Gasteiger partial charge >= 0.3 is 5.97 Å². The summed E-state index contributed by atoms with van der Waals surface area (Å²) in [7, 11) is 0. The number of nitrogens with one attached hydrogen (secondary N) is 1. The molecule has 4 nitrogen and oxygen atoms in total. The zero-order valence-electron chi connectivity index (χ0n) is 11.7. The van der Waals surface area contributed by atoms with Crippen molar-refractivity contribution in [2.75, 3.05) is 18.6 Å². The van der Waals surface area contributed by atoms with Crippen LogP contribution in [0.3, 0.4) is 0 Å². The van der Waals surface area contributed by atoms with E-state index in [0.717, 1.165) is 17.1 Å². The Morgan fingerprint density at radius 3 is 3.05 bits per heavy atom. The van der Waals surface area contributed by atoms with Gasteiger partial charge in [-0.05, 0) is 36.1 Å². The number of benzene rings is 1. The quantitative estimate of drug-likeness (QED) is 0.650. The van der Waals surface area contributed by atoms with E-state index in [1.54, 1.807) is 17.8 Å². The van der Waals surface area contributed by atoms with Crippen LogP contribution in [0.15, 0.2) is 36.9 Å². The first-order valence-electron chi connectivity index (χ1n) is 6.45. The van der Waals surface area contributed by atoms with Gasteiger partial charge in [0.25, 0.3) is 0 Å². The standard InChI is InChI=1S/C15H21NO3S/c1-3-8-19-13-6-4-5-12(10-13)11-16-14(15(17)18)7-9-20-2/h3-6,10,14,16H,1,7-9,11H2,2H3,(H,17,18)/t14-/m1/s1. The number of rotatable bonds is 10. The van der Waals surface area contributed by atoms with Crippen LogP contribution >= 0.6 is 11.8 Å². The summed E-state index contributed by atoms with van der Waals surface area (Å²) in [4.78, 5) is 11.1. The molecule has 0 amide bonds. The third-order valence-corrected chi connectivity index (χ3v) is 3.37. The van der Waals surface area contributed by atoms with Crippen LogP contribution in [0.25, 0.3) is 0 Å². The Morgan fingerprint density at radius 1 is 1.60 bits per heavy atom. The molecule has 0 spiro atoms. The summed E-state index contributed by atoms with van der Waals surface area (Å²) in [5.41, 5.74) is 1.00. The third-order valence-electron chi connectivity index (χ3n) is 2.73. The maximum absolute atomic E-state index is 11.1. The van der Waals surface area contributed by atoms with E-state index in [1.165, 1.54) is 0 Å². The molecule has 0 aromatic heterocycles. The van der Waals surface area contributed by atoms with E-state index in [4.69, 9.17) is 9.84 Å². The molecule has 1 atom stereocenters. The molecule has 1 rings (SSSR count). The molecule has 0 unspecified atom stereocenters. The van der Waals surface area contributed by atoms with Gasteiger partial charge in [0.15, 0.2) is 0 Å². The van der Waals surface area contributed by atoms with Gasteiger partial charge < -0.3 is 15.2 Å².